The Morgan fingerprint density at radius 1 is 0.500 bits per heavy atom. The zero-order valence-corrected chi connectivity index (χ0v) is 32.5. The third-order valence-corrected chi connectivity index (χ3v) is 24.3. The molecule has 0 amide bonds. The predicted octanol–water partition coefficient (Wildman–Crippen LogP) is 12.1. The van der Waals surface area contributed by atoms with Crippen LogP contribution in [0, 0.1) is 0 Å². The monoisotopic (exact) mass is 740 g/mol. The minimum atomic E-state index is -2.26. The first-order valence-electron chi connectivity index (χ1n) is 17.0. The van der Waals surface area contributed by atoms with Gasteiger partial charge in [0.15, 0.2) is 0 Å². The molecule has 0 aliphatic carbocycles. The molecule has 0 fully saturated rings. The van der Waals surface area contributed by atoms with Crippen LogP contribution < -0.4 is 10.4 Å². The van der Waals surface area contributed by atoms with E-state index in [2.05, 4.69) is 135 Å². The SMILES string of the molecule is CCCCCCc1cc2ccccc2[cH-]1.CCCCCCc1cc2ccccc2[cH-]1.[Cl][Zr]([Cl])=[Si](c1ccccc1)c1ccccc1. The van der Waals surface area contributed by atoms with Gasteiger partial charge in [-0.1, -0.05) is 77.3 Å². The predicted molar refractivity (Wildman–Crippen MR) is 204 cm³/mol. The second-order valence-electron chi connectivity index (χ2n) is 12.0. The first kappa shape index (κ1) is 36.6. The molecule has 0 aliphatic rings. The molecule has 0 nitrogen and oxygen atoms in total. The van der Waals surface area contributed by atoms with Crippen LogP contribution >= 0.6 is 17.0 Å². The molecule has 0 saturated heterocycles. The van der Waals surface area contributed by atoms with Crippen molar-refractivity contribution in [2.24, 2.45) is 0 Å². The van der Waals surface area contributed by atoms with Crippen molar-refractivity contribution in [2.45, 2.75) is 78.1 Å². The van der Waals surface area contributed by atoms with Gasteiger partial charge in [0.1, 0.15) is 0 Å². The Labute approximate surface area is 292 Å². The van der Waals surface area contributed by atoms with E-state index in [0.29, 0.717) is 0 Å². The van der Waals surface area contributed by atoms with Crippen LogP contribution in [0.1, 0.15) is 76.3 Å². The molecule has 0 heterocycles. The van der Waals surface area contributed by atoms with E-state index in [0.717, 1.165) is 0 Å². The second-order valence-corrected chi connectivity index (χ2v) is 31.2. The summed E-state index contributed by atoms with van der Waals surface area (Å²) in [7, 11) is 12.6. The van der Waals surface area contributed by atoms with Crippen LogP contribution in [0.2, 0.25) is 0 Å². The van der Waals surface area contributed by atoms with Gasteiger partial charge in [0.2, 0.25) is 0 Å². The molecule has 6 aromatic carbocycles. The van der Waals surface area contributed by atoms with Crippen molar-refractivity contribution in [1.82, 2.24) is 0 Å². The van der Waals surface area contributed by atoms with Crippen molar-refractivity contribution < 1.29 is 18.0 Å². The summed E-state index contributed by atoms with van der Waals surface area (Å²) >= 11 is -2.26. The number of fused-ring (bicyclic) bond motifs is 2. The van der Waals surface area contributed by atoms with Gasteiger partial charge in [0.25, 0.3) is 0 Å². The van der Waals surface area contributed by atoms with Gasteiger partial charge in [0.05, 0.1) is 0 Å². The summed E-state index contributed by atoms with van der Waals surface area (Å²) in [6.45, 7) is 4.52. The van der Waals surface area contributed by atoms with Crippen LogP contribution in [-0.4, -0.2) is 5.43 Å². The van der Waals surface area contributed by atoms with Crippen molar-refractivity contribution in [2.75, 3.05) is 0 Å². The van der Waals surface area contributed by atoms with Gasteiger partial charge in [0, 0.05) is 0 Å². The fourth-order valence-electron chi connectivity index (χ4n) is 5.82. The summed E-state index contributed by atoms with van der Waals surface area (Å²) in [4.78, 5) is 0. The van der Waals surface area contributed by atoms with Gasteiger partial charge in [-0.3, -0.25) is 0 Å². The average Bonchev–Trinajstić information content (AvgIpc) is 3.70. The van der Waals surface area contributed by atoms with Crippen molar-refractivity contribution in [3.63, 3.8) is 0 Å². The molecule has 0 spiro atoms. The number of halogens is 2. The summed E-state index contributed by atoms with van der Waals surface area (Å²) in [5.74, 6) is 0. The van der Waals surface area contributed by atoms with Gasteiger partial charge in [-0.15, -0.1) is 81.2 Å². The number of hydrogen-bond acceptors (Lipinski definition) is 0. The Bertz CT molecular complexity index is 1540. The Kier molecular flexibility index (Phi) is 16.6. The molecule has 0 saturated carbocycles. The fraction of sp³-hybridized carbons (Fsp3) is 0.286. The topological polar surface area (TPSA) is 0 Å². The van der Waals surface area contributed by atoms with Gasteiger partial charge < -0.3 is 0 Å². The number of unbranched alkanes of at least 4 members (excludes halogenated alkanes) is 6. The molecule has 4 heteroatoms. The van der Waals surface area contributed by atoms with E-state index in [1.165, 1.54) is 107 Å². The van der Waals surface area contributed by atoms with Crippen LogP contribution in [0.15, 0.2) is 133 Å². The molecule has 0 atom stereocenters. The van der Waals surface area contributed by atoms with Crippen molar-refractivity contribution in [3.05, 3.63) is 145 Å². The molecule has 6 rings (SSSR count). The van der Waals surface area contributed by atoms with E-state index in [4.69, 9.17) is 17.0 Å². The molecular formula is C42H48Cl2SiZr-2. The zero-order chi connectivity index (χ0) is 32.4. The molecule has 0 N–H and O–H groups in total. The molecule has 0 unspecified atom stereocenters. The Morgan fingerprint density at radius 2 is 0.891 bits per heavy atom. The molecular weight excluding hydrogens is 695 g/mol. The third-order valence-electron chi connectivity index (χ3n) is 8.31. The maximum atomic E-state index is 6.32. The quantitative estimate of drug-likeness (QED) is 0.0665. The van der Waals surface area contributed by atoms with E-state index in [9.17, 15) is 0 Å². The third kappa shape index (κ3) is 12.1. The number of hydrogen-bond donors (Lipinski definition) is 0. The van der Waals surface area contributed by atoms with E-state index < -0.39 is 23.4 Å². The number of rotatable bonds is 12. The van der Waals surface area contributed by atoms with Gasteiger partial charge >= 0.3 is 111 Å². The molecule has 0 radical (unpaired) electrons. The Morgan fingerprint density at radius 3 is 1.26 bits per heavy atom. The molecule has 240 valence electrons. The van der Waals surface area contributed by atoms with Crippen LogP contribution in [0.5, 0.6) is 0 Å². The van der Waals surface area contributed by atoms with E-state index in [1.54, 1.807) is 0 Å². The summed E-state index contributed by atoms with van der Waals surface area (Å²) in [6, 6.07) is 47.5. The number of benzene rings is 4. The van der Waals surface area contributed by atoms with Gasteiger partial charge in [-0.2, -0.15) is 12.1 Å². The summed E-state index contributed by atoms with van der Waals surface area (Å²) in [6.07, 6.45) is 13.3. The van der Waals surface area contributed by atoms with E-state index in [1.807, 2.05) is 12.1 Å². The first-order chi connectivity index (χ1) is 22.6. The van der Waals surface area contributed by atoms with Crippen LogP contribution in [0.3, 0.4) is 0 Å². The Hall–Kier alpha value is -2.22. The van der Waals surface area contributed by atoms with Gasteiger partial charge in [-0.25, -0.2) is 0 Å². The Balaban J connectivity index is 0.000000157. The van der Waals surface area contributed by atoms with Crippen LogP contribution in [-0.2, 0) is 30.8 Å². The van der Waals surface area contributed by atoms with Crippen LogP contribution in [0.25, 0.3) is 21.5 Å². The molecule has 0 aliphatic heterocycles. The molecule has 0 aromatic heterocycles. The minimum absolute atomic E-state index is 0.889. The molecule has 6 aromatic rings. The molecule has 46 heavy (non-hydrogen) atoms. The fourth-order valence-corrected chi connectivity index (χ4v) is 21.1. The maximum absolute atomic E-state index is 6.32. The average molecular weight is 743 g/mol. The van der Waals surface area contributed by atoms with E-state index >= 15 is 0 Å². The van der Waals surface area contributed by atoms with Crippen molar-refractivity contribution >= 4 is 54.4 Å². The zero-order valence-electron chi connectivity index (χ0n) is 27.5. The standard InChI is InChI=1S/2C15H19.C12H10Si.2ClH.Zr/c2*1-2-3-4-5-8-13-11-14-9-6-7-10-15(14)12-13;1-3-7-11(8-4-1)13-12-9-5-2-6-10-12;;;/h2*6-7,9-12H,2-5,8H2,1H3;1-10H;2*1H;/q2*-1;;;;+2/p-2. The second kappa shape index (κ2) is 20.9. The normalized spacial score (nSPS) is 10.6. The van der Waals surface area contributed by atoms with Gasteiger partial charge in [-0.05, 0) is 12.8 Å². The van der Waals surface area contributed by atoms with Crippen molar-refractivity contribution in [3.8, 4) is 0 Å². The first-order valence-corrected chi connectivity index (χ1v) is 28.6. The number of aryl methyl sites for hydroxylation is 2. The van der Waals surface area contributed by atoms with Crippen molar-refractivity contribution in [1.29, 1.82) is 0 Å². The van der Waals surface area contributed by atoms with E-state index in [-0.39, 0.29) is 0 Å². The summed E-state index contributed by atoms with van der Waals surface area (Å²) < 4.78 is 0. The molecule has 0 bridgehead atoms. The van der Waals surface area contributed by atoms with Crippen LogP contribution in [0.4, 0.5) is 0 Å². The summed E-state index contributed by atoms with van der Waals surface area (Å²) in [5.41, 5.74) is 2.12. The summed E-state index contributed by atoms with van der Waals surface area (Å²) in [5, 5.41) is 8.23.